The number of carbonyl (C=O) groups is 1. The fraction of sp³-hybridized carbons (Fsp3) is 0. The number of carbonyl (C=O) groups excluding carboxylic acids is 1. The fourth-order valence-corrected chi connectivity index (χ4v) is 2.48. The van der Waals surface area contributed by atoms with Crippen LogP contribution in [0.15, 0.2) is 41.2 Å². The number of nitrogens with one attached hydrogen (secondary N) is 3. The number of rotatable bonds is 2. The second kappa shape index (κ2) is 5.27. The number of amides is 1. The number of fused-ring (bicyclic) bond motifs is 1. The summed E-state index contributed by atoms with van der Waals surface area (Å²) >= 11 is 11.8. The molecular weight excluding hydrogens is 313 g/mol. The van der Waals surface area contributed by atoms with E-state index in [0.717, 1.165) is 0 Å². The summed E-state index contributed by atoms with van der Waals surface area (Å²) in [5, 5.41) is 3.51. The van der Waals surface area contributed by atoms with Crippen molar-refractivity contribution in [1.29, 1.82) is 0 Å². The van der Waals surface area contributed by atoms with E-state index in [0.29, 0.717) is 32.3 Å². The molecule has 21 heavy (non-hydrogen) atoms. The first-order valence-electron chi connectivity index (χ1n) is 6.02. The van der Waals surface area contributed by atoms with Crippen LogP contribution in [0, 0.1) is 0 Å². The number of imidazole rings is 1. The molecule has 0 saturated carbocycles. The predicted molar refractivity (Wildman–Crippen MR) is 83.3 cm³/mol. The summed E-state index contributed by atoms with van der Waals surface area (Å²) in [5.74, 6) is -0.375. The molecule has 2 aromatic carbocycles. The standard InChI is InChI=1S/C14H9Cl2N3O2/c15-7-4-5-10(9(16)6-7)17-13(20)8-2-1-3-11-12(8)19-14(21)18-11/h1-6H,(H,17,20)(H2,18,19,21). The van der Waals surface area contributed by atoms with Crippen molar-refractivity contribution in [3.63, 3.8) is 0 Å². The number of aromatic amines is 2. The molecular formula is C14H9Cl2N3O2. The highest BCUT2D eigenvalue weighted by atomic mass is 35.5. The molecule has 0 saturated heterocycles. The third-order valence-electron chi connectivity index (χ3n) is 2.98. The molecule has 0 unspecified atom stereocenters. The van der Waals surface area contributed by atoms with E-state index in [9.17, 15) is 9.59 Å². The summed E-state index contributed by atoms with van der Waals surface area (Å²) in [7, 11) is 0. The summed E-state index contributed by atoms with van der Waals surface area (Å²) in [5.41, 5.74) is 1.44. The van der Waals surface area contributed by atoms with Crippen LogP contribution in [0.5, 0.6) is 0 Å². The maximum absolute atomic E-state index is 12.3. The third-order valence-corrected chi connectivity index (χ3v) is 3.52. The van der Waals surface area contributed by atoms with Crippen molar-refractivity contribution in [3.05, 3.63) is 62.5 Å². The van der Waals surface area contributed by atoms with Gasteiger partial charge in [-0.15, -0.1) is 0 Å². The van der Waals surface area contributed by atoms with E-state index in [1.807, 2.05) is 0 Å². The second-order valence-corrected chi connectivity index (χ2v) is 5.23. The van der Waals surface area contributed by atoms with Crippen LogP contribution in [0.25, 0.3) is 11.0 Å². The SMILES string of the molecule is O=C(Nc1ccc(Cl)cc1Cl)c1cccc2[nH]c(=O)[nH]c12. The summed E-state index contributed by atoms with van der Waals surface area (Å²) in [6.07, 6.45) is 0. The first kappa shape index (κ1) is 13.7. The first-order chi connectivity index (χ1) is 10.0. The normalized spacial score (nSPS) is 10.8. The lowest BCUT2D eigenvalue weighted by molar-refractivity contribution is 0.102. The zero-order valence-electron chi connectivity index (χ0n) is 10.5. The summed E-state index contributed by atoms with van der Waals surface area (Å²) in [6, 6.07) is 9.79. The zero-order valence-corrected chi connectivity index (χ0v) is 12.0. The lowest BCUT2D eigenvalue weighted by Crippen LogP contribution is -2.13. The molecule has 7 heteroatoms. The van der Waals surface area contributed by atoms with Crippen LogP contribution in [-0.2, 0) is 0 Å². The Balaban J connectivity index is 1.99. The molecule has 0 radical (unpaired) electrons. The number of benzene rings is 2. The van der Waals surface area contributed by atoms with E-state index in [1.54, 1.807) is 30.3 Å². The number of hydrogen-bond acceptors (Lipinski definition) is 2. The summed E-state index contributed by atoms with van der Waals surface area (Å²) in [4.78, 5) is 28.9. The van der Waals surface area contributed by atoms with Crippen molar-refractivity contribution in [2.75, 3.05) is 5.32 Å². The van der Waals surface area contributed by atoms with Gasteiger partial charge in [-0.25, -0.2) is 4.79 Å². The molecule has 0 bridgehead atoms. The number of para-hydroxylation sites is 1. The Kier molecular flexibility index (Phi) is 3.45. The van der Waals surface area contributed by atoms with Crippen molar-refractivity contribution in [3.8, 4) is 0 Å². The number of halogens is 2. The van der Waals surface area contributed by atoms with Gasteiger partial charge in [0.25, 0.3) is 5.91 Å². The van der Waals surface area contributed by atoms with E-state index in [-0.39, 0.29) is 11.6 Å². The van der Waals surface area contributed by atoms with Gasteiger partial charge in [0.15, 0.2) is 0 Å². The van der Waals surface area contributed by atoms with Crippen molar-refractivity contribution in [1.82, 2.24) is 9.97 Å². The van der Waals surface area contributed by atoms with Gasteiger partial charge < -0.3 is 15.3 Å². The van der Waals surface area contributed by atoms with Gasteiger partial charge in [-0.1, -0.05) is 29.3 Å². The molecule has 0 fully saturated rings. The highest BCUT2D eigenvalue weighted by molar-refractivity contribution is 6.36. The molecule has 3 aromatic rings. The van der Waals surface area contributed by atoms with Crippen LogP contribution < -0.4 is 11.0 Å². The zero-order chi connectivity index (χ0) is 15.0. The third kappa shape index (κ3) is 2.66. The Bertz CT molecular complexity index is 899. The van der Waals surface area contributed by atoms with Gasteiger partial charge in [-0.3, -0.25) is 4.79 Å². The van der Waals surface area contributed by atoms with Crippen LogP contribution in [0.2, 0.25) is 10.0 Å². The number of hydrogen-bond donors (Lipinski definition) is 3. The topological polar surface area (TPSA) is 77.8 Å². The Morgan fingerprint density at radius 2 is 1.90 bits per heavy atom. The van der Waals surface area contributed by atoms with Crippen molar-refractivity contribution in [2.24, 2.45) is 0 Å². The minimum atomic E-state index is -0.375. The van der Waals surface area contributed by atoms with Gasteiger partial charge >= 0.3 is 5.69 Å². The lowest BCUT2D eigenvalue weighted by atomic mass is 10.1. The molecule has 1 amide bonds. The minimum Gasteiger partial charge on any atom is -0.321 e. The molecule has 0 aliphatic carbocycles. The van der Waals surface area contributed by atoms with Gasteiger partial charge in [0.2, 0.25) is 0 Å². The summed E-state index contributed by atoms with van der Waals surface area (Å²) in [6.45, 7) is 0. The molecule has 5 nitrogen and oxygen atoms in total. The van der Waals surface area contributed by atoms with E-state index in [4.69, 9.17) is 23.2 Å². The molecule has 0 atom stereocenters. The van der Waals surface area contributed by atoms with E-state index in [1.165, 1.54) is 6.07 Å². The monoisotopic (exact) mass is 321 g/mol. The van der Waals surface area contributed by atoms with Gasteiger partial charge in [-0.05, 0) is 30.3 Å². The van der Waals surface area contributed by atoms with Crippen LogP contribution in [-0.4, -0.2) is 15.9 Å². The minimum absolute atomic E-state index is 0.339. The number of anilines is 1. The smallest absolute Gasteiger partial charge is 0.321 e. The Morgan fingerprint density at radius 1 is 1.10 bits per heavy atom. The number of H-pyrrole nitrogens is 2. The van der Waals surface area contributed by atoms with Gasteiger partial charge in [0.05, 0.1) is 27.3 Å². The first-order valence-corrected chi connectivity index (χ1v) is 6.77. The van der Waals surface area contributed by atoms with E-state index < -0.39 is 0 Å². The lowest BCUT2D eigenvalue weighted by Gasteiger charge is -2.08. The average Bonchev–Trinajstić information content (AvgIpc) is 2.81. The molecule has 106 valence electrons. The molecule has 3 N–H and O–H groups in total. The van der Waals surface area contributed by atoms with Gasteiger partial charge in [0, 0.05) is 5.02 Å². The highest BCUT2D eigenvalue weighted by Crippen LogP contribution is 2.26. The number of aromatic nitrogens is 2. The van der Waals surface area contributed by atoms with Crippen molar-refractivity contribution < 1.29 is 4.79 Å². The van der Waals surface area contributed by atoms with Gasteiger partial charge in [-0.2, -0.15) is 0 Å². The highest BCUT2D eigenvalue weighted by Gasteiger charge is 2.13. The quantitative estimate of drug-likeness (QED) is 0.676. The maximum atomic E-state index is 12.3. The van der Waals surface area contributed by atoms with E-state index >= 15 is 0 Å². The molecule has 0 spiro atoms. The molecule has 3 rings (SSSR count). The van der Waals surface area contributed by atoms with Crippen molar-refractivity contribution >= 4 is 45.8 Å². The van der Waals surface area contributed by atoms with E-state index in [2.05, 4.69) is 15.3 Å². The van der Waals surface area contributed by atoms with Crippen LogP contribution in [0.1, 0.15) is 10.4 Å². The Labute approximate surface area is 128 Å². The maximum Gasteiger partial charge on any atom is 0.323 e. The van der Waals surface area contributed by atoms with Crippen LogP contribution in [0.4, 0.5) is 5.69 Å². The fourth-order valence-electron chi connectivity index (χ4n) is 2.03. The molecule has 0 aliphatic heterocycles. The Hall–Kier alpha value is -2.24. The van der Waals surface area contributed by atoms with Gasteiger partial charge in [0.1, 0.15) is 0 Å². The van der Waals surface area contributed by atoms with Crippen LogP contribution >= 0.6 is 23.2 Å². The molecule has 0 aliphatic rings. The molecule has 1 heterocycles. The summed E-state index contributed by atoms with van der Waals surface area (Å²) < 4.78 is 0. The van der Waals surface area contributed by atoms with Crippen molar-refractivity contribution in [2.45, 2.75) is 0 Å². The second-order valence-electron chi connectivity index (χ2n) is 4.39. The van der Waals surface area contributed by atoms with Crippen LogP contribution in [0.3, 0.4) is 0 Å². The largest absolute Gasteiger partial charge is 0.323 e. The average molecular weight is 322 g/mol. The predicted octanol–water partition coefficient (Wildman–Crippen LogP) is 3.42. The molecule has 1 aromatic heterocycles. The Morgan fingerprint density at radius 3 is 2.67 bits per heavy atom.